The molecule has 1 aromatic carbocycles. The Bertz CT molecular complexity index is 418. The van der Waals surface area contributed by atoms with Crippen LogP contribution in [-0.4, -0.2) is 6.71 Å². The molecule has 3 fully saturated rings. The normalized spacial score (nSPS) is 37.1. The maximum Gasteiger partial charge on any atom is 0.150 e. The largest absolute Gasteiger partial charge is 0.150 e. The number of fused-ring (bicyclic) bond motifs is 2. The van der Waals surface area contributed by atoms with Gasteiger partial charge in [0.2, 0.25) is 0 Å². The molecule has 3 aliphatic rings. The van der Waals surface area contributed by atoms with E-state index in [1.807, 2.05) is 0 Å². The Hall–Kier alpha value is -0.715. The minimum absolute atomic E-state index is 0.877. The van der Waals surface area contributed by atoms with Gasteiger partial charge in [-0.2, -0.15) is 0 Å². The summed E-state index contributed by atoms with van der Waals surface area (Å²) in [5, 5.41) is 0. The molecule has 0 nitrogen and oxygen atoms in total. The van der Waals surface area contributed by atoms with E-state index in [1.54, 1.807) is 31.2 Å². The van der Waals surface area contributed by atoms with Crippen LogP contribution >= 0.6 is 0 Å². The van der Waals surface area contributed by atoms with Gasteiger partial charge in [0.15, 0.2) is 0 Å². The first-order chi connectivity index (χ1) is 9.93. The van der Waals surface area contributed by atoms with Crippen LogP contribution in [0, 0.1) is 0 Å². The van der Waals surface area contributed by atoms with Gasteiger partial charge in [0, 0.05) is 0 Å². The molecular formula is C19H27B. The van der Waals surface area contributed by atoms with Crippen molar-refractivity contribution >= 4 is 6.71 Å². The summed E-state index contributed by atoms with van der Waals surface area (Å²) in [6, 6.07) is 11.4. The van der Waals surface area contributed by atoms with Crippen molar-refractivity contribution < 1.29 is 0 Å². The second-order valence-corrected chi connectivity index (χ2v) is 7.57. The third-order valence-corrected chi connectivity index (χ3v) is 6.68. The van der Waals surface area contributed by atoms with Crippen LogP contribution in [0.15, 0.2) is 30.3 Å². The fourth-order valence-electron chi connectivity index (χ4n) is 5.99. The average molecular weight is 266 g/mol. The molecule has 0 amide bonds. The third kappa shape index (κ3) is 2.24. The van der Waals surface area contributed by atoms with Gasteiger partial charge in [-0.1, -0.05) is 99.2 Å². The molecule has 0 radical (unpaired) electrons. The first kappa shape index (κ1) is 13.0. The van der Waals surface area contributed by atoms with E-state index < -0.39 is 0 Å². The molecule has 1 aliphatic carbocycles. The van der Waals surface area contributed by atoms with E-state index in [0.29, 0.717) is 0 Å². The van der Waals surface area contributed by atoms with Crippen molar-refractivity contribution in [3.05, 3.63) is 35.9 Å². The van der Waals surface area contributed by atoms with Gasteiger partial charge in [0.25, 0.3) is 0 Å². The molecule has 0 unspecified atom stereocenters. The number of hydrogen-bond acceptors (Lipinski definition) is 0. The Morgan fingerprint density at radius 3 is 1.95 bits per heavy atom. The molecule has 1 saturated carbocycles. The van der Waals surface area contributed by atoms with Crippen molar-refractivity contribution in [1.82, 2.24) is 0 Å². The second-order valence-electron chi connectivity index (χ2n) is 7.57. The van der Waals surface area contributed by atoms with E-state index in [4.69, 9.17) is 0 Å². The zero-order chi connectivity index (χ0) is 13.4. The summed E-state index contributed by atoms with van der Waals surface area (Å²) in [7, 11) is 0. The summed E-state index contributed by atoms with van der Waals surface area (Å²) in [5.41, 5.74) is 1.64. The third-order valence-electron chi connectivity index (χ3n) is 6.68. The Morgan fingerprint density at radius 1 is 0.700 bits per heavy atom. The van der Waals surface area contributed by atoms with Crippen molar-refractivity contribution in [3.8, 4) is 0 Å². The van der Waals surface area contributed by atoms with E-state index in [9.17, 15) is 0 Å². The van der Waals surface area contributed by atoms with Crippen molar-refractivity contribution in [2.45, 2.75) is 81.2 Å². The highest BCUT2D eigenvalue weighted by atomic mass is 14.4. The van der Waals surface area contributed by atoms with Crippen LogP contribution in [0.3, 0.4) is 0 Å². The van der Waals surface area contributed by atoms with Crippen LogP contribution in [0.1, 0.15) is 69.3 Å². The van der Waals surface area contributed by atoms with Gasteiger partial charge in [-0.25, -0.2) is 0 Å². The van der Waals surface area contributed by atoms with Crippen LogP contribution in [-0.2, 0) is 0 Å². The van der Waals surface area contributed by atoms with Gasteiger partial charge in [-0.15, -0.1) is 0 Å². The first-order valence-corrected chi connectivity index (χ1v) is 8.98. The van der Waals surface area contributed by atoms with Gasteiger partial charge in [-0.05, 0) is 17.9 Å². The molecule has 4 rings (SSSR count). The molecule has 1 aromatic rings. The van der Waals surface area contributed by atoms with E-state index in [2.05, 4.69) is 30.3 Å². The molecule has 0 spiro atoms. The molecule has 2 saturated heterocycles. The van der Waals surface area contributed by atoms with Crippen LogP contribution < -0.4 is 0 Å². The molecule has 0 aromatic heterocycles. The second kappa shape index (κ2) is 5.58. The predicted molar refractivity (Wildman–Crippen MR) is 87.7 cm³/mol. The molecule has 2 bridgehead atoms. The smallest absolute Gasteiger partial charge is 0.0622 e. The number of hydrogen-bond donors (Lipinski definition) is 0. The lowest BCUT2D eigenvalue weighted by Gasteiger charge is -2.45. The fourth-order valence-corrected chi connectivity index (χ4v) is 5.99. The average Bonchev–Trinajstić information content (AvgIpc) is 2.96. The lowest BCUT2D eigenvalue weighted by atomic mass is 9.21. The highest BCUT2D eigenvalue weighted by Gasteiger charge is 2.47. The van der Waals surface area contributed by atoms with Crippen LogP contribution in [0.5, 0.6) is 0 Å². The Morgan fingerprint density at radius 2 is 1.30 bits per heavy atom. The Balaban J connectivity index is 1.60. The summed E-state index contributed by atoms with van der Waals surface area (Å²) in [6.45, 7) is 1.07. The van der Waals surface area contributed by atoms with Crippen molar-refractivity contribution in [2.75, 3.05) is 0 Å². The van der Waals surface area contributed by atoms with E-state index in [0.717, 1.165) is 30.1 Å². The van der Waals surface area contributed by atoms with Gasteiger partial charge >= 0.3 is 0 Å². The molecule has 2 atom stereocenters. The molecule has 2 heterocycles. The van der Waals surface area contributed by atoms with Gasteiger partial charge in [0.1, 0.15) is 6.71 Å². The number of rotatable bonds is 2. The highest BCUT2D eigenvalue weighted by molar-refractivity contribution is 6.64. The standard InChI is InChI=1S/C19H27B/c1-2-7-15(8-3-1)18-13-6-14-19(18)20-16-9-4-10-17(20)12-5-11-16/h1-3,7-8,16-19H,4-6,9-14H2/t16?,17?,18-,19+/m0/s1. The highest BCUT2D eigenvalue weighted by Crippen LogP contribution is 2.57. The molecule has 1 heteroatoms. The SMILES string of the molecule is c1ccc([C@@H]2CCC[C@H]2B2C3CCCC2CCC3)cc1. The van der Waals surface area contributed by atoms with Crippen molar-refractivity contribution in [3.63, 3.8) is 0 Å². The first-order valence-electron chi connectivity index (χ1n) is 8.98. The van der Waals surface area contributed by atoms with Crippen molar-refractivity contribution in [2.24, 2.45) is 0 Å². The topological polar surface area (TPSA) is 0 Å². The maximum absolute atomic E-state index is 2.39. The Labute approximate surface area is 124 Å². The summed E-state index contributed by atoms with van der Waals surface area (Å²) in [6.07, 6.45) is 13.6. The van der Waals surface area contributed by atoms with Crippen LogP contribution in [0.25, 0.3) is 0 Å². The molecule has 106 valence electrons. The Kier molecular flexibility index (Phi) is 3.62. The number of benzene rings is 1. The minimum atomic E-state index is 0.877. The van der Waals surface area contributed by atoms with E-state index in [1.165, 1.54) is 32.1 Å². The zero-order valence-corrected chi connectivity index (χ0v) is 12.6. The van der Waals surface area contributed by atoms with Gasteiger partial charge < -0.3 is 0 Å². The lowest BCUT2D eigenvalue weighted by molar-refractivity contribution is 0.430. The zero-order valence-electron chi connectivity index (χ0n) is 12.6. The molecule has 2 aliphatic heterocycles. The summed E-state index contributed by atoms with van der Waals surface area (Å²) in [5.74, 6) is 4.05. The maximum atomic E-state index is 2.39. The summed E-state index contributed by atoms with van der Waals surface area (Å²) < 4.78 is 0. The van der Waals surface area contributed by atoms with Gasteiger partial charge in [-0.3, -0.25) is 0 Å². The van der Waals surface area contributed by atoms with Crippen LogP contribution in [0.4, 0.5) is 0 Å². The van der Waals surface area contributed by atoms with Gasteiger partial charge in [0.05, 0.1) is 0 Å². The minimum Gasteiger partial charge on any atom is -0.0622 e. The lowest BCUT2D eigenvalue weighted by Crippen LogP contribution is -2.39. The quantitative estimate of drug-likeness (QED) is 0.582. The van der Waals surface area contributed by atoms with E-state index >= 15 is 0 Å². The van der Waals surface area contributed by atoms with E-state index in [-0.39, 0.29) is 0 Å². The molecule has 20 heavy (non-hydrogen) atoms. The van der Waals surface area contributed by atoms with Crippen molar-refractivity contribution in [1.29, 1.82) is 0 Å². The monoisotopic (exact) mass is 266 g/mol. The summed E-state index contributed by atoms with van der Waals surface area (Å²) in [4.78, 5) is 0. The molecular weight excluding hydrogens is 239 g/mol. The fraction of sp³-hybridized carbons (Fsp3) is 0.684. The molecule has 0 N–H and O–H groups in total. The summed E-state index contributed by atoms with van der Waals surface area (Å²) >= 11 is 0. The van der Waals surface area contributed by atoms with Crippen LogP contribution in [0.2, 0.25) is 17.5 Å². The predicted octanol–water partition coefficient (Wildman–Crippen LogP) is 5.93.